The molecule has 8 nitrogen and oxygen atoms in total. The summed E-state index contributed by atoms with van der Waals surface area (Å²) >= 11 is 0. The standard InChI is InChI=1S/C18H29NO3.C4H4O4/c1-5-19(4)11-14-13-9-8-12(2)7-6-10-18(3)16(22-18)15(13)21-17(14)20;5-3(6)1-2-4(7)8/h7,13-16H,5-6,8-11H2,1-4H3;1-2H,(H,5,6)(H,7,8)/b12-7+;2-1+/t13-,14-,15-,16-,18+;/m0./s1. The van der Waals surface area contributed by atoms with Crippen molar-refractivity contribution < 1.29 is 34.1 Å². The molecule has 2 heterocycles. The molecule has 30 heavy (non-hydrogen) atoms. The van der Waals surface area contributed by atoms with Gasteiger partial charge in [0.05, 0.1) is 11.5 Å². The van der Waals surface area contributed by atoms with E-state index in [4.69, 9.17) is 19.7 Å². The van der Waals surface area contributed by atoms with Crippen LogP contribution in [0.5, 0.6) is 0 Å². The van der Waals surface area contributed by atoms with Crippen molar-refractivity contribution in [3.05, 3.63) is 23.8 Å². The van der Waals surface area contributed by atoms with Crippen molar-refractivity contribution in [2.45, 2.75) is 64.3 Å². The second-order valence-corrected chi connectivity index (χ2v) is 8.52. The molecule has 0 aromatic heterocycles. The maximum Gasteiger partial charge on any atom is 0.328 e. The molecule has 0 amide bonds. The van der Waals surface area contributed by atoms with Crippen LogP contribution in [0.1, 0.15) is 46.5 Å². The predicted octanol–water partition coefficient (Wildman–Crippen LogP) is 2.49. The van der Waals surface area contributed by atoms with Crippen LogP contribution in [0.2, 0.25) is 0 Å². The average molecular weight is 424 g/mol. The first kappa shape index (κ1) is 24.1. The Morgan fingerprint density at radius 1 is 1.30 bits per heavy atom. The van der Waals surface area contributed by atoms with Gasteiger partial charge in [-0.1, -0.05) is 18.6 Å². The number of carboxylic acids is 2. The van der Waals surface area contributed by atoms with Crippen LogP contribution in [0, 0.1) is 11.8 Å². The van der Waals surface area contributed by atoms with Gasteiger partial charge in [0.15, 0.2) is 0 Å². The van der Waals surface area contributed by atoms with Gasteiger partial charge in [-0.15, -0.1) is 0 Å². The number of rotatable bonds is 5. The number of esters is 1. The predicted molar refractivity (Wildman–Crippen MR) is 110 cm³/mol. The number of aliphatic carboxylic acids is 2. The number of nitrogens with zero attached hydrogens (tertiary/aromatic N) is 1. The fraction of sp³-hybridized carbons (Fsp3) is 0.682. The first-order valence-corrected chi connectivity index (χ1v) is 10.4. The molecule has 2 saturated heterocycles. The lowest BCUT2D eigenvalue weighted by Crippen LogP contribution is -2.35. The van der Waals surface area contributed by atoms with E-state index in [9.17, 15) is 14.4 Å². The van der Waals surface area contributed by atoms with Crippen LogP contribution in [-0.2, 0) is 23.9 Å². The highest BCUT2D eigenvalue weighted by Gasteiger charge is 2.62. The Labute approximate surface area is 177 Å². The Morgan fingerprint density at radius 3 is 2.50 bits per heavy atom. The van der Waals surface area contributed by atoms with Gasteiger partial charge in [0, 0.05) is 24.6 Å². The molecule has 0 bridgehead atoms. The Bertz CT molecular complexity index is 700. The lowest BCUT2D eigenvalue weighted by atomic mass is 9.80. The van der Waals surface area contributed by atoms with Crippen LogP contribution in [0.4, 0.5) is 0 Å². The monoisotopic (exact) mass is 423 g/mol. The maximum absolute atomic E-state index is 12.4. The Kier molecular flexibility index (Phi) is 8.20. The van der Waals surface area contributed by atoms with Crippen molar-refractivity contribution in [1.29, 1.82) is 0 Å². The number of carboxylic acid groups (broad SMARTS) is 2. The van der Waals surface area contributed by atoms with E-state index in [2.05, 4.69) is 38.8 Å². The first-order valence-electron chi connectivity index (χ1n) is 10.4. The van der Waals surface area contributed by atoms with Crippen molar-refractivity contribution in [3.63, 3.8) is 0 Å². The molecule has 0 spiro atoms. The molecule has 8 heteroatoms. The van der Waals surface area contributed by atoms with Crippen molar-refractivity contribution in [2.75, 3.05) is 20.1 Å². The molecule has 0 aromatic carbocycles. The molecule has 5 atom stereocenters. The Balaban J connectivity index is 0.000000343. The van der Waals surface area contributed by atoms with Crippen LogP contribution in [0.3, 0.4) is 0 Å². The van der Waals surface area contributed by atoms with E-state index in [-0.39, 0.29) is 35.6 Å². The van der Waals surface area contributed by atoms with Gasteiger partial charge in [0.1, 0.15) is 12.2 Å². The highest BCUT2D eigenvalue weighted by Crippen LogP contribution is 2.50. The number of epoxide rings is 1. The minimum atomic E-state index is -1.26. The van der Waals surface area contributed by atoms with Gasteiger partial charge in [-0.2, -0.15) is 0 Å². The maximum atomic E-state index is 12.4. The number of carbonyl (C=O) groups excluding carboxylic acids is 1. The fourth-order valence-electron chi connectivity index (χ4n) is 4.16. The zero-order valence-corrected chi connectivity index (χ0v) is 18.2. The molecule has 1 aliphatic carbocycles. The third-order valence-electron chi connectivity index (χ3n) is 6.16. The summed E-state index contributed by atoms with van der Waals surface area (Å²) in [7, 11) is 2.07. The molecule has 2 N–H and O–H groups in total. The zero-order valence-electron chi connectivity index (χ0n) is 18.2. The lowest BCUT2D eigenvalue weighted by molar-refractivity contribution is -0.145. The van der Waals surface area contributed by atoms with Crippen molar-refractivity contribution in [3.8, 4) is 0 Å². The lowest BCUT2D eigenvalue weighted by Gasteiger charge is -2.24. The summed E-state index contributed by atoms with van der Waals surface area (Å²) in [5.41, 5.74) is 1.34. The summed E-state index contributed by atoms with van der Waals surface area (Å²) in [6, 6.07) is 0. The molecule has 2 aliphatic heterocycles. The quantitative estimate of drug-likeness (QED) is 0.300. The molecular weight excluding hydrogens is 390 g/mol. The van der Waals surface area contributed by atoms with E-state index in [0.717, 1.165) is 38.8 Å². The normalized spacial score (nSPS) is 34.7. The minimum Gasteiger partial charge on any atom is -0.478 e. The van der Waals surface area contributed by atoms with Gasteiger partial charge in [0.25, 0.3) is 0 Å². The Hall–Kier alpha value is -2.19. The van der Waals surface area contributed by atoms with E-state index in [1.807, 2.05) is 0 Å². The topological polar surface area (TPSA) is 117 Å². The second-order valence-electron chi connectivity index (χ2n) is 8.52. The van der Waals surface area contributed by atoms with Crippen molar-refractivity contribution in [2.24, 2.45) is 11.8 Å². The fourth-order valence-corrected chi connectivity index (χ4v) is 4.16. The van der Waals surface area contributed by atoms with Crippen molar-refractivity contribution >= 4 is 17.9 Å². The van der Waals surface area contributed by atoms with Gasteiger partial charge in [-0.25, -0.2) is 9.59 Å². The van der Waals surface area contributed by atoms with E-state index in [1.165, 1.54) is 5.57 Å². The van der Waals surface area contributed by atoms with Gasteiger partial charge in [-0.05, 0) is 53.1 Å². The molecule has 0 unspecified atom stereocenters. The molecule has 168 valence electrons. The third kappa shape index (κ3) is 6.40. The van der Waals surface area contributed by atoms with Crippen LogP contribution < -0.4 is 0 Å². The molecule has 3 rings (SSSR count). The first-order chi connectivity index (χ1) is 14.1. The largest absolute Gasteiger partial charge is 0.478 e. The zero-order chi connectivity index (χ0) is 22.5. The SMILES string of the molecule is CCN(C)C[C@@H]1C(=O)O[C@H]2[C@H]1CC/C(C)=C/CC[C@@]1(C)O[C@@H]21.O=C(O)/C=C/C(=O)O. The van der Waals surface area contributed by atoms with Gasteiger partial charge < -0.3 is 24.6 Å². The van der Waals surface area contributed by atoms with E-state index in [1.54, 1.807) is 0 Å². The molecule has 2 fully saturated rings. The van der Waals surface area contributed by atoms with E-state index >= 15 is 0 Å². The molecule has 0 aromatic rings. The smallest absolute Gasteiger partial charge is 0.328 e. The summed E-state index contributed by atoms with van der Waals surface area (Å²) in [6.07, 6.45) is 7.69. The summed E-state index contributed by atoms with van der Waals surface area (Å²) in [6.45, 7) is 8.24. The van der Waals surface area contributed by atoms with Gasteiger partial charge in [-0.3, -0.25) is 4.79 Å². The molecular formula is C22H33NO7. The third-order valence-corrected chi connectivity index (χ3v) is 6.16. The molecule has 0 saturated carbocycles. The highest BCUT2D eigenvalue weighted by atomic mass is 16.6. The van der Waals surface area contributed by atoms with Crippen LogP contribution in [0.25, 0.3) is 0 Å². The molecule has 0 radical (unpaired) electrons. The number of ether oxygens (including phenoxy) is 2. The number of hydrogen-bond acceptors (Lipinski definition) is 6. The average Bonchev–Trinajstić information content (AvgIpc) is 3.25. The summed E-state index contributed by atoms with van der Waals surface area (Å²) < 4.78 is 11.8. The van der Waals surface area contributed by atoms with Crippen LogP contribution in [0.15, 0.2) is 23.8 Å². The van der Waals surface area contributed by atoms with Crippen LogP contribution >= 0.6 is 0 Å². The summed E-state index contributed by atoms with van der Waals surface area (Å²) in [5, 5.41) is 15.6. The van der Waals surface area contributed by atoms with Crippen LogP contribution in [-0.4, -0.2) is 71.0 Å². The summed E-state index contributed by atoms with van der Waals surface area (Å²) in [4.78, 5) is 33.7. The number of allylic oxidation sites excluding steroid dienone is 2. The van der Waals surface area contributed by atoms with E-state index < -0.39 is 11.9 Å². The van der Waals surface area contributed by atoms with E-state index in [0.29, 0.717) is 12.2 Å². The highest BCUT2D eigenvalue weighted by molar-refractivity contribution is 5.89. The molecule has 3 aliphatic rings. The van der Waals surface area contributed by atoms with Gasteiger partial charge in [0.2, 0.25) is 0 Å². The summed E-state index contributed by atoms with van der Waals surface area (Å²) in [5.74, 6) is -2.25. The number of carbonyl (C=O) groups is 3. The minimum absolute atomic E-state index is 0.00405. The number of hydrogen-bond donors (Lipinski definition) is 2. The van der Waals surface area contributed by atoms with Crippen molar-refractivity contribution in [1.82, 2.24) is 4.90 Å². The Morgan fingerprint density at radius 2 is 1.93 bits per heavy atom. The van der Waals surface area contributed by atoms with Gasteiger partial charge >= 0.3 is 17.9 Å². The second kappa shape index (κ2) is 10.2. The number of fused-ring (bicyclic) bond motifs is 3.